The van der Waals surface area contributed by atoms with E-state index in [-0.39, 0.29) is 7.43 Å². The number of benzene rings is 1. The zero-order valence-electron chi connectivity index (χ0n) is 11.9. The van der Waals surface area contributed by atoms with Crippen LogP contribution >= 0.6 is 0 Å². The third-order valence-electron chi connectivity index (χ3n) is 6.94. The summed E-state index contributed by atoms with van der Waals surface area (Å²) in [6.45, 7) is 4.20. The first-order valence-electron chi connectivity index (χ1n) is 8.24. The molecule has 8 atom stereocenters. The Morgan fingerprint density at radius 3 is 2.24 bits per heavy atom. The SMILES string of the molecule is C.C=CC1C2CC(C1c1ccccc1)C1C3C=CC(C3)C21. The highest BCUT2D eigenvalue weighted by atomic mass is 14.7. The maximum absolute atomic E-state index is 4.20. The van der Waals surface area contributed by atoms with E-state index in [2.05, 4.69) is 55.1 Å². The van der Waals surface area contributed by atoms with Gasteiger partial charge in [0.25, 0.3) is 0 Å². The molecule has 0 heterocycles. The highest BCUT2D eigenvalue weighted by molar-refractivity contribution is 5.31. The van der Waals surface area contributed by atoms with Gasteiger partial charge in [-0.3, -0.25) is 0 Å². The second-order valence-electron chi connectivity index (χ2n) is 7.42. The Hall–Kier alpha value is -1.30. The summed E-state index contributed by atoms with van der Waals surface area (Å²) in [7, 11) is 0. The van der Waals surface area contributed by atoms with Crippen LogP contribution in [0.5, 0.6) is 0 Å². The van der Waals surface area contributed by atoms with Crippen LogP contribution in [0.25, 0.3) is 0 Å². The fraction of sp³-hybridized carbons (Fsp3) is 0.524. The zero-order chi connectivity index (χ0) is 13.3. The number of fused-ring (bicyclic) bond motifs is 9. The molecule has 0 spiro atoms. The van der Waals surface area contributed by atoms with Gasteiger partial charge >= 0.3 is 0 Å². The van der Waals surface area contributed by atoms with Gasteiger partial charge in [0.15, 0.2) is 0 Å². The summed E-state index contributed by atoms with van der Waals surface area (Å²) < 4.78 is 0. The van der Waals surface area contributed by atoms with E-state index in [0.29, 0.717) is 0 Å². The molecule has 1 aromatic carbocycles. The van der Waals surface area contributed by atoms with E-state index in [1.54, 1.807) is 5.56 Å². The Balaban J connectivity index is 0.00000115. The van der Waals surface area contributed by atoms with Gasteiger partial charge in [-0.05, 0) is 65.7 Å². The zero-order valence-corrected chi connectivity index (χ0v) is 11.9. The first kappa shape index (κ1) is 13.4. The Morgan fingerprint density at radius 2 is 1.57 bits per heavy atom. The first-order valence-corrected chi connectivity index (χ1v) is 8.24. The molecule has 0 radical (unpaired) electrons. The van der Waals surface area contributed by atoms with Crippen molar-refractivity contribution in [1.82, 2.24) is 0 Å². The molecule has 110 valence electrons. The minimum atomic E-state index is 0. The molecule has 0 aliphatic heterocycles. The normalized spacial score (nSPS) is 48.2. The van der Waals surface area contributed by atoms with Crippen molar-refractivity contribution in [2.75, 3.05) is 0 Å². The maximum atomic E-state index is 4.20. The van der Waals surface area contributed by atoms with Crippen LogP contribution in [0.15, 0.2) is 55.1 Å². The van der Waals surface area contributed by atoms with Crippen LogP contribution in [0, 0.1) is 41.4 Å². The van der Waals surface area contributed by atoms with Crippen molar-refractivity contribution >= 4 is 0 Å². The minimum Gasteiger partial charge on any atom is -0.103 e. The average molecular weight is 278 g/mol. The molecule has 0 N–H and O–H groups in total. The Morgan fingerprint density at radius 1 is 0.905 bits per heavy atom. The van der Waals surface area contributed by atoms with Crippen LogP contribution in [0.3, 0.4) is 0 Å². The molecular formula is C21H26. The quantitative estimate of drug-likeness (QED) is 0.509. The third kappa shape index (κ3) is 1.57. The second kappa shape index (κ2) is 4.60. The van der Waals surface area contributed by atoms with E-state index in [1.807, 2.05) is 0 Å². The second-order valence-corrected chi connectivity index (χ2v) is 7.42. The predicted molar refractivity (Wildman–Crippen MR) is 88.9 cm³/mol. The van der Waals surface area contributed by atoms with E-state index < -0.39 is 0 Å². The summed E-state index contributed by atoms with van der Waals surface area (Å²) in [5, 5.41) is 0. The molecule has 8 unspecified atom stereocenters. The molecule has 0 heteroatoms. The molecule has 5 rings (SSSR count). The van der Waals surface area contributed by atoms with Crippen LogP contribution < -0.4 is 0 Å². The largest absolute Gasteiger partial charge is 0.103 e. The molecule has 1 aromatic rings. The third-order valence-corrected chi connectivity index (χ3v) is 6.94. The van der Waals surface area contributed by atoms with E-state index in [1.165, 1.54) is 12.8 Å². The molecule has 3 saturated carbocycles. The van der Waals surface area contributed by atoms with Crippen LogP contribution in [0.2, 0.25) is 0 Å². The first-order chi connectivity index (χ1) is 9.88. The molecule has 3 fully saturated rings. The fourth-order valence-corrected chi connectivity index (χ4v) is 6.55. The summed E-state index contributed by atoms with van der Waals surface area (Å²) in [5.41, 5.74) is 1.56. The van der Waals surface area contributed by atoms with E-state index in [0.717, 1.165) is 47.3 Å². The van der Waals surface area contributed by atoms with Crippen molar-refractivity contribution in [2.45, 2.75) is 26.2 Å². The molecule has 0 amide bonds. The van der Waals surface area contributed by atoms with Crippen LogP contribution in [0.1, 0.15) is 31.7 Å². The average Bonchev–Trinajstić information content (AvgIpc) is 3.24. The highest BCUT2D eigenvalue weighted by Gasteiger charge is 2.63. The monoisotopic (exact) mass is 278 g/mol. The Labute approximate surface area is 129 Å². The summed E-state index contributed by atoms with van der Waals surface area (Å²) >= 11 is 0. The van der Waals surface area contributed by atoms with Gasteiger partial charge < -0.3 is 0 Å². The lowest BCUT2D eigenvalue weighted by Gasteiger charge is -2.41. The summed E-state index contributed by atoms with van der Waals surface area (Å²) in [6, 6.07) is 11.3. The molecule has 4 bridgehead atoms. The minimum absolute atomic E-state index is 0. The highest BCUT2D eigenvalue weighted by Crippen LogP contribution is 2.70. The molecular weight excluding hydrogens is 252 g/mol. The van der Waals surface area contributed by atoms with Crippen molar-refractivity contribution in [2.24, 2.45) is 41.4 Å². The van der Waals surface area contributed by atoms with Gasteiger partial charge in [0.05, 0.1) is 0 Å². The smallest absolute Gasteiger partial charge is 0.00649 e. The summed E-state index contributed by atoms with van der Waals surface area (Å²) in [4.78, 5) is 0. The van der Waals surface area contributed by atoms with Gasteiger partial charge in [-0.2, -0.15) is 0 Å². The topological polar surface area (TPSA) is 0 Å². The van der Waals surface area contributed by atoms with E-state index in [4.69, 9.17) is 0 Å². The molecule has 21 heavy (non-hydrogen) atoms. The van der Waals surface area contributed by atoms with Crippen molar-refractivity contribution < 1.29 is 0 Å². The van der Waals surface area contributed by atoms with Crippen molar-refractivity contribution in [3.8, 4) is 0 Å². The molecule has 0 nitrogen and oxygen atoms in total. The fourth-order valence-electron chi connectivity index (χ4n) is 6.55. The lowest BCUT2D eigenvalue weighted by atomic mass is 9.63. The number of hydrogen-bond donors (Lipinski definition) is 0. The van der Waals surface area contributed by atoms with E-state index >= 15 is 0 Å². The van der Waals surface area contributed by atoms with Crippen LogP contribution in [-0.4, -0.2) is 0 Å². The van der Waals surface area contributed by atoms with Crippen molar-refractivity contribution in [3.05, 3.63) is 60.7 Å². The van der Waals surface area contributed by atoms with Gasteiger partial charge in [-0.25, -0.2) is 0 Å². The van der Waals surface area contributed by atoms with Gasteiger partial charge in [0.2, 0.25) is 0 Å². The van der Waals surface area contributed by atoms with Crippen molar-refractivity contribution in [1.29, 1.82) is 0 Å². The Kier molecular flexibility index (Phi) is 2.93. The van der Waals surface area contributed by atoms with Gasteiger partial charge in [0.1, 0.15) is 0 Å². The lowest BCUT2D eigenvalue weighted by Crippen LogP contribution is -2.35. The maximum Gasteiger partial charge on any atom is -0.00649 e. The van der Waals surface area contributed by atoms with Gasteiger partial charge in [-0.15, -0.1) is 6.58 Å². The van der Waals surface area contributed by atoms with Crippen LogP contribution in [0.4, 0.5) is 0 Å². The number of allylic oxidation sites excluding steroid dienone is 3. The lowest BCUT2D eigenvalue weighted by molar-refractivity contribution is 0.150. The summed E-state index contributed by atoms with van der Waals surface area (Å²) in [6.07, 6.45) is 10.3. The van der Waals surface area contributed by atoms with Gasteiger partial charge in [0, 0.05) is 0 Å². The summed E-state index contributed by atoms with van der Waals surface area (Å²) in [5.74, 6) is 7.05. The van der Waals surface area contributed by atoms with Crippen LogP contribution in [-0.2, 0) is 0 Å². The molecule has 0 saturated heterocycles. The molecule has 4 aliphatic rings. The number of rotatable bonds is 2. The molecule has 4 aliphatic carbocycles. The predicted octanol–water partition coefficient (Wildman–Crippen LogP) is 5.30. The Bertz CT molecular complexity index is 569. The molecule has 0 aromatic heterocycles. The standard InChI is InChI=1S/C20H22.CH4/c1-2-15-16-11-17(18(15)12-6-4-3-5-7-12)20-14-9-8-13(10-14)19(16)20;/h2-9,13-20H,1,10-11H2;1H4. The van der Waals surface area contributed by atoms with E-state index in [9.17, 15) is 0 Å². The van der Waals surface area contributed by atoms with Crippen molar-refractivity contribution in [3.63, 3.8) is 0 Å². The van der Waals surface area contributed by atoms with Gasteiger partial charge in [-0.1, -0.05) is 56.0 Å². The number of hydrogen-bond acceptors (Lipinski definition) is 0.